The zero-order valence-electron chi connectivity index (χ0n) is 22.6. The van der Waals surface area contributed by atoms with E-state index >= 15 is 0 Å². The molecular formula is C34H34N2O2. The molecule has 1 unspecified atom stereocenters. The van der Waals surface area contributed by atoms with Crippen molar-refractivity contribution in [3.05, 3.63) is 95.9 Å². The van der Waals surface area contributed by atoms with E-state index < -0.39 is 0 Å². The summed E-state index contributed by atoms with van der Waals surface area (Å²) in [5.74, 6) is 2.54. The van der Waals surface area contributed by atoms with Crippen LogP contribution in [0.15, 0.2) is 87.7 Å². The van der Waals surface area contributed by atoms with Gasteiger partial charge in [-0.2, -0.15) is 0 Å². The molecule has 0 saturated carbocycles. The number of rotatable bonds is 7. The van der Waals surface area contributed by atoms with Gasteiger partial charge in [-0.1, -0.05) is 70.2 Å². The van der Waals surface area contributed by atoms with Gasteiger partial charge in [-0.25, -0.2) is 0 Å². The molecule has 2 aromatic heterocycles. The highest BCUT2D eigenvalue weighted by Gasteiger charge is 2.19. The number of hydrogen-bond acceptors (Lipinski definition) is 4. The van der Waals surface area contributed by atoms with Crippen LogP contribution in [-0.4, -0.2) is 10.2 Å². The van der Waals surface area contributed by atoms with E-state index in [1.807, 2.05) is 12.2 Å². The SMILES string of the molecule is CC(C)Cc1ccc2oc3c(-c4ccc(-c5nnc(C6C=CC=CC6)o5)cc4)cc(CC(C)C)cc3c2c1. The highest BCUT2D eigenvalue weighted by molar-refractivity contribution is 6.10. The first-order chi connectivity index (χ1) is 18.4. The van der Waals surface area contributed by atoms with Crippen molar-refractivity contribution in [3.63, 3.8) is 0 Å². The largest absolute Gasteiger partial charge is 0.455 e. The molecular weight excluding hydrogens is 468 g/mol. The summed E-state index contributed by atoms with van der Waals surface area (Å²) in [6.45, 7) is 9.06. The Bertz CT molecular complexity index is 1650. The summed E-state index contributed by atoms with van der Waals surface area (Å²) >= 11 is 0. The minimum absolute atomic E-state index is 0.145. The molecule has 0 amide bonds. The Morgan fingerprint density at radius 1 is 0.763 bits per heavy atom. The van der Waals surface area contributed by atoms with Gasteiger partial charge in [0.2, 0.25) is 11.8 Å². The zero-order chi connectivity index (χ0) is 26.2. The second kappa shape index (κ2) is 10.1. The summed E-state index contributed by atoms with van der Waals surface area (Å²) in [5, 5.41) is 11.0. The number of allylic oxidation sites excluding steroid dienone is 4. The number of aromatic nitrogens is 2. The van der Waals surface area contributed by atoms with Crippen molar-refractivity contribution < 1.29 is 8.83 Å². The van der Waals surface area contributed by atoms with Crippen LogP contribution in [-0.2, 0) is 12.8 Å². The van der Waals surface area contributed by atoms with E-state index in [1.165, 1.54) is 21.9 Å². The Morgan fingerprint density at radius 2 is 1.50 bits per heavy atom. The highest BCUT2D eigenvalue weighted by atomic mass is 16.4. The predicted molar refractivity (Wildman–Crippen MR) is 155 cm³/mol. The predicted octanol–water partition coefficient (Wildman–Crippen LogP) is 9.30. The maximum atomic E-state index is 6.49. The maximum absolute atomic E-state index is 6.49. The van der Waals surface area contributed by atoms with E-state index in [0.29, 0.717) is 23.6 Å². The lowest BCUT2D eigenvalue weighted by Gasteiger charge is -2.10. The van der Waals surface area contributed by atoms with Gasteiger partial charge < -0.3 is 8.83 Å². The van der Waals surface area contributed by atoms with Crippen molar-refractivity contribution in [2.45, 2.75) is 52.9 Å². The third-order valence-corrected chi connectivity index (χ3v) is 7.16. The second-order valence-corrected chi connectivity index (χ2v) is 11.3. The molecule has 1 atom stereocenters. The third kappa shape index (κ3) is 4.83. The first-order valence-electron chi connectivity index (χ1n) is 13.7. The molecule has 0 bridgehead atoms. The lowest BCUT2D eigenvalue weighted by Crippen LogP contribution is -1.96. The molecule has 0 fully saturated rings. The van der Waals surface area contributed by atoms with Crippen LogP contribution in [0.5, 0.6) is 0 Å². The first-order valence-corrected chi connectivity index (χ1v) is 13.7. The molecule has 192 valence electrons. The van der Waals surface area contributed by atoms with Crippen LogP contribution in [0.1, 0.15) is 57.1 Å². The normalized spacial score (nSPS) is 15.5. The number of hydrogen-bond donors (Lipinski definition) is 0. The summed E-state index contributed by atoms with van der Waals surface area (Å²) in [6.07, 6.45) is 11.3. The Morgan fingerprint density at radius 3 is 2.24 bits per heavy atom. The van der Waals surface area contributed by atoms with E-state index in [2.05, 4.69) is 105 Å². The number of fused-ring (bicyclic) bond motifs is 3. The summed E-state index contributed by atoms with van der Waals surface area (Å²) < 4.78 is 12.5. The van der Waals surface area contributed by atoms with Gasteiger partial charge in [-0.15, -0.1) is 10.2 Å². The molecule has 0 aliphatic heterocycles. The van der Waals surface area contributed by atoms with Crippen molar-refractivity contribution in [1.29, 1.82) is 0 Å². The van der Waals surface area contributed by atoms with Gasteiger partial charge >= 0.3 is 0 Å². The Labute approximate surface area is 224 Å². The lowest BCUT2D eigenvalue weighted by molar-refractivity contribution is 0.484. The molecule has 0 N–H and O–H groups in total. The summed E-state index contributed by atoms with van der Waals surface area (Å²) in [7, 11) is 0. The smallest absolute Gasteiger partial charge is 0.247 e. The zero-order valence-corrected chi connectivity index (χ0v) is 22.6. The van der Waals surface area contributed by atoms with E-state index in [-0.39, 0.29) is 5.92 Å². The summed E-state index contributed by atoms with van der Waals surface area (Å²) in [6, 6.07) is 19.7. The van der Waals surface area contributed by atoms with Crippen LogP contribution in [0.4, 0.5) is 0 Å². The number of benzene rings is 3. The van der Waals surface area contributed by atoms with Crippen molar-refractivity contribution in [2.24, 2.45) is 11.8 Å². The minimum Gasteiger partial charge on any atom is -0.455 e. The van der Waals surface area contributed by atoms with Gasteiger partial charge in [0.15, 0.2) is 0 Å². The van der Waals surface area contributed by atoms with Crippen molar-refractivity contribution in [3.8, 4) is 22.6 Å². The summed E-state index contributed by atoms with van der Waals surface area (Å²) in [5.41, 5.74) is 7.73. The van der Waals surface area contributed by atoms with Gasteiger partial charge in [0.1, 0.15) is 11.2 Å². The number of furan rings is 1. The van der Waals surface area contributed by atoms with E-state index in [9.17, 15) is 0 Å². The van der Waals surface area contributed by atoms with Crippen LogP contribution in [0.2, 0.25) is 0 Å². The molecule has 6 rings (SSSR count). The monoisotopic (exact) mass is 502 g/mol. The molecule has 0 spiro atoms. The van der Waals surface area contributed by atoms with Crippen LogP contribution < -0.4 is 0 Å². The van der Waals surface area contributed by atoms with Gasteiger partial charge in [-0.3, -0.25) is 0 Å². The Balaban J connectivity index is 1.40. The maximum Gasteiger partial charge on any atom is 0.247 e. The van der Waals surface area contributed by atoms with E-state index in [1.54, 1.807) is 0 Å². The fourth-order valence-electron chi connectivity index (χ4n) is 5.44. The van der Waals surface area contributed by atoms with Gasteiger partial charge in [0, 0.05) is 21.9 Å². The average Bonchev–Trinajstić information content (AvgIpc) is 3.54. The van der Waals surface area contributed by atoms with Gasteiger partial charge in [-0.05, 0) is 84.2 Å². The molecule has 1 aliphatic rings. The molecule has 38 heavy (non-hydrogen) atoms. The fraction of sp³-hybridized carbons (Fsp3) is 0.294. The van der Waals surface area contributed by atoms with E-state index in [4.69, 9.17) is 8.83 Å². The molecule has 4 nitrogen and oxygen atoms in total. The molecule has 0 saturated heterocycles. The lowest BCUT2D eigenvalue weighted by atomic mass is 9.94. The highest BCUT2D eigenvalue weighted by Crippen LogP contribution is 2.39. The van der Waals surface area contributed by atoms with Crippen LogP contribution in [0, 0.1) is 11.8 Å². The van der Waals surface area contributed by atoms with Crippen molar-refractivity contribution in [1.82, 2.24) is 10.2 Å². The van der Waals surface area contributed by atoms with Gasteiger partial charge in [0.05, 0.1) is 5.92 Å². The molecule has 1 aliphatic carbocycles. The molecule has 5 aromatic rings. The quantitative estimate of drug-likeness (QED) is 0.222. The van der Waals surface area contributed by atoms with Crippen molar-refractivity contribution >= 4 is 21.9 Å². The second-order valence-electron chi connectivity index (χ2n) is 11.3. The Hall–Kier alpha value is -3.92. The van der Waals surface area contributed by atoms with Gasteiger partial charge in [0.25, 0.3) is 0 Å². The Kier molecular flexibility index (Phi) is 6.49. The van der Waals surface area contributed by atoms with Crippen molar-refractivity contribution in [2.75, 3.05) is 0 Å². The average molecular weight is 503 g/mol. The van der Waals surface area contributed by atoms with Crippen LogP contribution in [0.25, 0.3) is 44.5 Å². The topological polar surface area (TPSA) is 52.1 Å². The van der Waals surface area contributed by atoms with Crippen LogP contribution in [0.3, 0.4) is 0 Å². The van der Waals surface area contributed by atoms with E-state index in [0.717, 1.165) is 47.1 Å². The summed E-state index contributed by atoms with van der Waals surface area (Å²) in [4.78, 5) is 0. The van der Waals surface area contributed by atoms with Crippen LogP contribution >= 0.6 is 0 Å². The minimum atomic E-state index is 0.145. The number of nitrogens with zero attached hydrogens (tertiary/aromatic N) is 2. The molecule has 4 heteroatoms. The molecule has 0 radical (unpaired) electrons. The fourth-order valence-corrected chi connectivity index (χ4v) is 5.44. The third-order valence-electron chi connectivity index (χ3n) is 7.16. The first kappa shape index (κ1) is 24.4. The molecule has 3 aromatic carbocycles. The standard InChI is InChI=1S/C34H34N2O2/c1-21(2)16-23-10-15-31-29(18-23)30-20-24(17-22(3)4)19-28(32(30)37-31)25-11-13-27(14-12-25)34-36-35-33(38-34)26-8-6-5-7-9-26/h5-8,10-15,18-22,26H,9,16-17H2,1-4H3. The molecule has 2 heterocycles.